The smallest absolute Gasteiger partial charge is 0.238 e. The summed E-state index contributed by atoms with van der Waals surface area (Å²) in [6.07, 6.45) is 7.12. The molecule has 0 fully saturated rings. The maximum atomic E-state index is 11.7. The molecule has 1 aromatic carbocycles. The van der Waals surface area contributed by atoms with E-state index >= 15 is 0 Å². The first kappa shape index (κ1) is 14.3. The van der Waals surface area contributed by atoms with Gasteiger partial charge in [-0.05, 0) is 50.4 Å². The molecular weight excluding hydrogens is 304 g/mol. The Kier molecular flexibility index (Phi) is 5.61. The largest absolute Gasteiger partial charge is 0.325 e. The number of hydrogen-bond acceptors (Lipinski definition) is 2. The van der Waals surface area contributed by atoms with E-state index in [2.05, 4.69) is 32.6 Å². The number of rotatable bonds is 6. The fourth-order valence-corrected chi connectivity index (χ4v) is 2.59. The highest BCUT2D eigenvalue weighted by atomic mass is 79.9. The van der Waals surface area contributed by atoms with Gasteiger partial charge in [0.2, 0.25) is 5.91 Å². The van der Waals surface area contributed by atoms with Gasteiger partial charge in [0.05, 0.1) is 6.54 Å². The van der Waals surface area contributed by atoms with Crippen molar-refractivity contribution >= 4 is 27.5 Å². The summed E-state index contributed by atoms with van der Waals surface area (Å²) in [5.74, 6) is -0.00139. The Morgan fingerprint density at radius 1 is 1.37 bits per heavy atom. The summed E-state index contributed by atoms with van der Waals surface area (Å²) in [6.45, 7) is 1.23. The van der Waals surface area contributed by atoms with Crippen LogP contribution in [0.3, 0.4) is 0 Å². The number of allylic oxidation sites excluding steroid dienone is 1. The van der Waals surface area contributed by atoms with Crippen LogP contribution in [0.5, 0.6) is 0 Å². The Morgan fingerprint density at radius 3 is 3.00 bits per heavy atom. The lowest BCUT2D eigenvalue weighted by atomic mass is 10.2. The van der Waals surface area contributed by atoms with Crippen molar-refractivity contribution in [2.45, 2.75) is 25.7 Å². The second-order valence-corrected chi connectivity index (χ2v) is 5.66. The van der Waals surface area contributed by atoms with Crippen molar-refractivity contribution in [3.8, 4) is 0 Å². The summed E-state index contributed by atoms with van der Waals surface area (Å²) in [6, 6.07) is 7.61. The number of amides is 1. The number of nitrogens with one attached hydrogen (secondary N) is 2. The van der Waals surface area contributed by atoms with E-state index in [1.165, 1.54) is 24.8 Å². The summed E-state index contributed by atoms with van der Waals surface area (Å²) < 4.78 is 0.964. The van der Waals surface area contributed by atoms with Crippen LogP contribution in [0, 0.1) is 0 Å². The van der Waals surface area contributed by atoms with E-state index < -0.39 is 0 Å². The van der Waals surface area contributed by atoms with Crippen molar-refractivity contribution in [2.24, 2.45) is 0 Å². The molecule has 0 radical (unpaired) electrons. The Labute approximate surface area is 122 Å². The average Bonchev–Trinajstić information content (AvgIpc) is 2.88. The van der Waals surface area contributed by atoms with Gasteiger partial charge in [0.1, 0.15) is 0 Å². The van der Waals surface area contributed by atoms with E-state index in [0.717, 1.165) is 23.1 Å². The molecule has 0 atom stereocenters. The lowest BCUT2D eigenvalue weighted by Gasteiger charge is -2.07. The maximum absolute atomic E-state index is 11.7. The highest BCUT2D eigenvalue weighted by Crippen LogP contribution is 2.19. The molecule has 0 saturated carbocycles. The molecule has 1 aliphatic carbocycles. The Morgan fingerprint density at radius 2 is 2.26 bits per heavy atom. The van der Waals surface area contributed by atoms with Gasteiger partial charge in [0, 0.05) is 10.2 Å². The lowest BCUT2D eigenvalue weighted by molar-refractivity contribution is -0.115. The van der Waals surface area contributed by atoms with Gasteiger partial charge in [-0.1, -0.05) is 33.6 Å². The van der Waals surface area contributed by atoms with Crippen molar-refractivity contribution in [1.29, 1.82) is 0 Å². The van der Waals surface area contributed by atoms with Crippen molar-refractivity contribution in [3.05, 3.63) is 40.4 Å². The third-order valence-corrected chi connectivity index (χ3v) is 3.65. The van der Waals surface area contributed by atoms with Crippen LogP contribution in [0.15, 0.2) is 40.4 Å². The highest BCUT2D eigenvalue weighted by molar-refractivity contribution is 9.10. The van der Waals surface area contributed by atoms with Crippen LogP contribution < -0.4 is 10.6 Å². The Bertz CT molecular complexity index is 471. The van der Waals surface area contributed by atoms with Gasteiger partial charge in [-0.2, -0.15) is 0 Å². The first-order chi connectivity index (χ1) is 9.24. The van der Waals surface area contributed by atoms with Crippen LogP contribution in [0.1, 0.15) is 25.7 Å². The van der Waals surface area contributed by atoms with Crippen LogP contribution >= 0.6 is 15.9 Å². The molecule has 1 aliphatic rings. The molecule has 3 nitrogen and oxygen atoms in total. The maximum Gasteiger partial charge on any atom is 0.238 e. The predicted molar refractivity (Wildman–Crippen MR) is 82.2 cm³/mol. The van der Waals surface area contributed by atoms with E-state index in [-0.39, 0.29) is 5.91 Å². The SMILES string of the molecule is O=C(CNCCC1=CCCC1)Nc1cccc(Br)c1. The van der Waals surface area contributed by atoms with Gasteiger partial charge in [-0.15, -0.1) is 0 Å². The summed E-state index contributed by atoms with van der Waals surface area (Å²) in [4.78, 5) is 11.7. The normalized spacial score (nSPS) is 14.3. The van der Waals surface area contributed by atoms with Gasteiger partial charge in [0.25, 0.3) is 0 Å². The lowest BCUT2D eigenvalue weighted by Crippen LogP contribution is -2.28. The zero-order valence-corrected chi connectivity index (χ0v) is 12.5. The molecule has 0 spiro atoms. The average molecular weight is 323 g/mol. The van der Waals surface area contributed by atoms with Gasteiger partial charge < -0.3 is 10.6 Å². The number of anilines is 1. The molecule has 102 valence electrons. The molecule has 0 heterocycles. The Balaban J connectivity index is 1.64. The van der Waals surface area contributed by atoms with E-state index in [0.29, 0.717) is 6.54 Å². The fourth-order valence-electron chi connectivity index (χ4n) is 2.19. The number of hydrogen-bond donors (Lipinski definition) is 2. The third-order valence-electron chi connectivity index (χ3n) is 3.15. The van der Waals surface area contributed by atoms with E-state index in [4.69, 9.17) is 0 Å². The minimum Gasteiger partial charge on any atom is -0.325 e. The molecular formula is C15H19BrN2O. The highest BCUT2D eigenvalue weighted by Gasteiger charge is 2.05. The van der Waals surface area contributed by atoms with E-state index in [9.17, 15) is 4.79 Å². The van der Waals surface area contributed by atoms with Crippen molar-refractivity contribution in [2.75, 3.05) is 18.4 Å². The van der Waals surface area contributed by atoms with Gasteiger partial charge in [-0.25, -0.2) is 0 Å². The molecule has 0 unspecified atom stereocenters. The summed E-state index contributed by atoms with van der Waals surface area (Å²) in [5, 5.41) is 6.05. The van der Waals surface area contributed by atoms with E-state index in [1.54, 1.807) is 0 Å². The molecule has 2 N–H and O–H groups in total. The predicted octanol–water partition coefficient (Wildman–Crippen LogP) is 3.48. The molecule has 0 aromatic heterocycles. The monoisotopic (exact) mass is 322 g/mol. The first-order valence-corrected chi connectivity index (χ1v) is 7.47. The van der Waals surface area contributed by atoms with Gasteiger partial charge in [0.15, 0.2) is 0 Å². The molecule has 2 rings (SSSR count). The van der Waals surface area contributed by atoms with Gasteiger partial charge in [-0.3, -0.25) is 4.79 Å². The molecule has 0 aliphatic heterocycles. The zero-order chi connectivity index (χ0) is 13.5. The second-order valence-electron chi connectivity index (χ2n) is 4.74. The zero-order valence-electron chi connectivity index (χ0n) is 10.9. The van der Waals surface area contributed by atoms with Crippen LogP contribution in [0.4, 0.5) is 5.69 Å². The first-order valence-electron chi connectivity index (χ1n) is 6.68. The number of benzene rings is 1. The quantitative estimate of drug-likeness (QED) is 0.622. The van der Waals surface area contributed by atoms with Crippen LogP contribution in [-0.2, 0) is 4.79 Å². The number of halogens is 1. The molecule has 1 aromatic rings. The summed E-state index contributed by atoms with van der Waals surface area (Å²) in [5.41, 5.74) is 2.35. The fraction of sp³-hybridized carbons (Fsp3) is 0.400. The topological polar surface area (TPSA) is 41.1 Å². The van der Waals surface area contributed by atoms with Crippen molar-refractivity contribution < 1.29 is 4.79 Å². The third kappa shape index (κ3) is 5.17. The van der Waals surface area contributed by atoms with Crippen molar-refractivity contribution in [1.82, 2.24) is 5.32 Å². The second kappa shape index (κ2) is 7.46. The number of carbonyl (C=O) groups is 1. The van der Waals surface area contributed by atoms with Crippen LogP contribution in [-0.4, -0.2) is 19.0 Å². The van der Waals surface area contributed by atoms with E-state index in [1.807, 2.05) is 24.3 Å². The summed E-state index contributed by atoms with van der Waals surface area (Å²) in [7, 11) is 0. The minimum absolute atomic E-state index is 0.00139. The van der Waals surface area contributed by atoms with Crippen LogP contribution in [0.2, 0.25) is 0 Å². The molecule has 19 heavy (non-hydrogen) atoms. The molecule has 0 saturated heterocycles. The minimum atomic E-state index is -0.00139. The van der Waals surface area contributed by atoms with Crippen LogP contribution in [0.25, 0.3) is 0 Å². The summed E-state index contributed by atoms with van der Waals surface area (Å²) >= 11 is 3.38. The van der Waals surface area contributed by atoms with Crippen molar-refractivity contribution in [3.63, 3.8) is 0 Å². The molecule has 4 heteroatoms. The standard InChI is InChI=1S/C15H19BrN2O/c16-13-6-3-7-14(10-13)18-15(19)11-17-9-8-12-4-1-2-5-12/h3-4,6-7,10,17H,1-2,5,8-9,11H2,(H,18,19). The molecule has 1 amide bonds. The van der Waals surface area contributed by atoms with Gasteiger partial charge >= 0.3 is 0 Å². The Hall–Kier alpha value is -1.13. The molecule has 0 bridgehead atoms. The number of carbonyl (C=O) groups excluding carboxylic acids is 1.